The topological polar surface area (TPSA) is 26.0 Å². The zero-order valence-electron chi connectivity index (χ0n) is 9.19. The Kier molecular flexibility index (Phi) is 3.65. The molecule has 0 amide bonds. The van der Waals surface area contributed by atoms with Crippen molar-refractivity contribution in [1.29, 1.82) is 0 Å². The smallest absolute Gasteiger partial charge is 0.0332 e. The monoisotopic (exact) mass is 239 g/mol. The lowest BCUT2D eigenvalue weighted by molar-refractivity contribution is 0.523. The molecule has 1 aliphatic heterocycles. The second kappa shape index (κ2) is 4.81. The van der Waals surface area contributed by atoms with Crippen molar-refractivity contribution in [3.05, 3.63) is 29.3 Å². The van der Waals surface area contributed by atoms with Crippen molar-refractivity contribution in [2.45, 2.75) is 23.6 Å². The molecule has 2 unspecified atom stereocenters. The molecule has 1 aliphatic rings. The third kappa shape index (κ3) is 2.35. The van der Waals surface area contributed by atoms with Gasteiger partial charge in [-0.15, -0.1) is 11.8 Å². The van der Waals surface area contributed by atoms with Crippen LogP contribution in [0.1, 0.15) is 24.1 Å². The molecule has 0 radical (unpaired) electrons. The molecule has 0 aromatic heterocycles. The van der Waals surface area contributed by atoms with Crippen LogP contribution < -0.4 is 5.73 Å². The van der Waals surface area contributed by atoms with Crippen LogP contribution in [0.3, 0.4) is 0 Å². The predicted octanol–water partition coefficient (Wildman–Crippen LogP) is 3.29. The van der Waals surface area contributed by atoms with Gasteiger partial charge in [0.25, 0.3) is 0 Å². The molecule has 0 saturated heterocycles. The summed E-state index contributed by atoms with van der Waals surface area (Å²) in [6.45, 7) is 2.25. The number of nitrogens with two attached hydrogens (primary N) is 1. The summed E-state index contributed by atoms with van der Waals surface area (Å²) in [5, 5.41) is 0. The normalized spacial score (nSPS) is 25.8. The molecule has 0 aliphatic carbocycles. The summed E-state index contributed by atoms with van der Waals surface area (Å²) in [5.74, 6) is 2.86. The average Bonchev–Trinajstić information content (AvgIpc) is 2.40. The number of hydrogen-bond acceptors (Lipinski definition) is 3. The number of rotatable bonds is 1. The van der Waals surface area contributed by atoms with Crippen LogP contribution in [0.15, 0.2) is 23.1 Å². The first kappa shape index (κ1) is 11.4. The molecule has 0 saturated carbocycles. The summed E-state index contributed by atoms with van der Waals surface area (Å²) < 4.78 is 0. The standard InChI is InChI=1S/C12H17NS2/c1-8-6-15-7-9-3-4-10(14-2)5-11(9)12(8)13/h3-5,8,12H,6-7,13H2,1-2H3. The highest BCUT2D eigenvalue weighted by atomic mass is 32.2. The first-order valence-corrected chi connectivity index (χ1v) is 7.60. The molecule has 1 heterocycles. The Labute approximate surface area is 100 Å². The molecule has 0 fully saturated rings. The quantitative estimate of drug-likeness (QED) is 0.762. The second-order valence-electron chi connectivity index (χ2n) is 4.08. The van der Waals surface area contributed by atoms with E-state index in [4.69, 9.17) is 5.73 Å². The minimum absolute atomic E-state index is 0.210. The van der Waals surface area contributed by atoms with Gasteiger partial charge in [0.1, 0.15) is 0 Å². The number of benzene rings is 1. The van der Waals surface area contributed by atoms with Crippen molar-refractivity contribution < 1.29 is 0 Å². The molecule has 1 aromatic carbocycles. The van der Waals surface area contributed by atoms with Crippen molar-refractivity contribution in [2.75, 3.05) is 12.0 Å². The first-order chi connectivity index (χ1) is 7.22. The van der Waals surface area contributed by atoms with Gasteiger partial charge in [-0.1, -0.05) is 13.0 Å². The highest BCUT2D eigenvalue weighted by molar-refractivity contribution is 7.98. The summed E-state index contributed by atoms with van der Waals surface area (Å²) in [4.78, 5) is 1.32. The van der Waals surface area contributed by atoms with Gasteiger partial charge >= 0.3 is 0 Å². The van der Waals surface area contributed by atoms with Gasteiger partial charge < -0.3 is 5.73 Å². The Morgan fingerprint density at radius 2 is 2.27 bits per heavy atom. The van der Waals surface area contributed by atoms with Crippen LogP contribution in [0.5, 0.6) is 0 Å². The van der Waals surface area contributed by atoms with E-state index in [1.54, 1.807) is 11.8 Å². The maximum Gasteiger partial charge on any atom is 0.0332 e. The van der Waals surface area contributed by atoms with Crippen molar-refractivity contribution in [1.82, 2.24) is 0 Å². The van der Waals surface area contributed by atoms with E-state index < -0.39 is 0 Å². The van der Waals surface area contributed by atoms with Gasteiger partial charge in [-0.3, -0.25) is 0 Å². The van der Waals surface area contributed by atoms with Crippen LogP contribution in [0.25, 0.3) is 0 Å². The lowest BCUT2D eigenvalue weighted by atomic mass is 9.94. The van der Waals surface area contributed by atoms with Crippen LogP contribution in [-0.4, -0.2) is 12.0 Å². The average molecular weight is 239 g/mol. The van der Waals surface area contributed by atoms with Crippen molar-refractivity contribution >= 4 is 23.5 Å². The minimum atomic E-state index is 0.210. The van der Waals surface area contributed by atoms with E-state index in [-0.39, 0.29) is 6.04 Å². The molecule has 1 aromatic rings. The SMILES string of the molecule is CSc1ccc2c(c1)C(N)C(C)CSC2. The molecule has 1 nitrogen and oxygen atoms in total. The first-order valence-electron chi connectivity index (χ1n) is 5.22. The Balaban J connectivity index is 2.41. The maximum absolute atomic E-state index is 6.29. The van der Waals surface area contributed by atoms with E-state index in [1.807, 2.05) is 11.8 Å². The largest absolute Gasteiger partial charge is 0.324 e. The van der Waals surface area contributed by atoms with Crippen LogP contribution in [0.2, 0.25) is 0 Å². The molecule has 0 spiro atoms. The fourth-order valence-corrected chi connectivity index (χ4v) is 3.54. The minimum Gasteiger partial charge on any atom is -0.324 e. The lowest BCUT2D eigenvalue weighted by Gasteiger charge is -2.18. The molecular formula is C12H17NS2. The van der Waals surface area contributed by atoms with Crippen molar-refractivity contribution in [2.24, 2.45) is 11.7 Å². The fourth-order valence-electron chi connectivity index (χ4n) is 1.91. The van der Waals surface area contributed by atoms with Gasteiger partial charge in [0.2, 0.25) is 0 Å². The zero-order valence-corrected chi connectivity index (χ0v) is 10.8. The lowest BCUT2D eigenvalue weighted by Crippen LogP contribution is -2.20. The van der Waals surface area contributed by atoms with Crippen LogP contribution in [0.4, 0.5) is 0 Å². The molecule has 2 atom stereocenters. The molecule has 15 heavy (non-hydrogen) atoms. The molecule has 2 N–H and O–H groups in total. The highest BCUT2D eigenvalue weighted by Gasteiger charge is 2.21. The van der Waals surface area contributed by atoms with E-state index in [0.717, 1.165) is 5.75 Å². The van der Waals surface area contributed by atoms with E-state index in [9.17, 15) is 0 Å². The van der Waals surface area contributed by atoms with E-state index in [0.29, 0.717) is 5.92 Å². The summed E-state index contributed by atoms with van der Waals surface area (Å²) >= 11 is 3.79. The number of fused-ring (bicyclic) bond motifs is 1. The van der Waals surface area contributed by atoms with Gasteiger partial charge in [-0.2, -0.15) is 11.8 Å². The van der Waals surface area contributed by atoms with Crippen LogP contribution in [-0.2, 0) is 5.75 Å². The molecular weight excluding hydrogens is 222 g/mol. The van der Waals surface area contributed by atoms with Gasteiger partial charge in [-0.25, -0.2) is 0 Å². The van der Waals surface area contributed by atoms with E-state index in [1.165, 1.54) is 21.8 Å². The summed E-state index contributed by atoms with van der Waals surface area (Å²) in [7, 11) is 0. The highest BCUT2D eigenvalue weighted by Crippen LogP contribution is 2.34. The molecule has 0 bridgehead atoms. The van der Waals surface area contributed by atoms with Crippen LogP contribution >= 0.6 is 23.5 Å². The third-order valence-electron chi connectivity index (χ3n) is 2.96. The maximum atomic E-state index is 6.29. The molecule has 2 rings (SSSR count). The zero-order chi connectivity index (χ0) is 10.8. The summed E-state index contributed by atoms with van der Waals surface area (Å²) in [6, 6.07) is 6.92. The molecule has 82 valence electrons. The second-order valence-corrected chi connectivity index (χ2v) is 5.99. The van der Waals surface area contributed by atoms with Crippen LogP contribution in [0, 0.1) is 5.92 Å². The number of hydrogen-bond donors (Lipinski definition) is 1. The Morgan fingerprint density at radius 1 is 1.47 bits per heavy atom. The van der Waals surface area contributed by atoms with Crippen molar-refractivity contribution in [3.63, 3.8) is 0 Å². The van der Waals surface area contributed by atoms with Gasteiger partial charge in [0.05, 0.1) is 0 Å². The fraction of sp³-hybridized carbons (Fsp3) is 0.500. The summed E-state index contributed by atoms with van der Waals surface area (Å²) in [6.07, 6.45) is 2.11. The Hall–Kier alpha value is -0.120. The van der Waals surface area contributed by atoms with Crippen molar-refractivity contribution in [3.8, 4) is 0 Å². The Bertz CT molecular complexity index is 351. The Morgan fingerprint density at radius 3 is 3.00 bits per heavy atom. The number of thioether (sulfide) groups is 2. The van der Waals surface area contributed by atoms with Gasteiger partial charge in [0, 0.05) is 16.7 Å². The van der Waals surface area contributed by atoms with Gasteiger partial charge in [-0.05, 0) is 41.2 Å². The summed E-state index contributed by atoms with van der Waals surface area (Å²) in [5.41, 5.74) is 9.08. The predicted molar refractivity (Wildman–Crippen MR) is 70.5 cm³/mol. The molecule has 3 heteroatoms. The third-order valence-corrected chi connectivity index (χ3v) is 4.97. The van der Waals surface area contributed by atoms with Gasteiger partial charge in [0.15, 0.2) is 0 Å². The van der Waals surface area contributed by atoms with E-state index in [2.05, 4.69) is 31.4 Å². The van der Waals surface area contributed by atoms with E-state index >= 15 is 0 Å².